The highest BCUT2D eigenvalue weighted by Gasteiger charge is 2.19. The number of hydrogen-bond acceptors (Lipinski definition) is 7. The number of benzene rings is 3. The van der Waals surface area contributed by atoms with E-state index in [0.29, 0.717) is 5.56 Å². The van der Waals surface area contributed by atoms with Gasteiger partial charge in [0, 0.05) is 53.9 Å². The van der Waals surface area contributed by atoms with Gasteiger partial charge in [-0.05, 0) is 49.5 Å². The minimum Gasteiger partial charge on any atom is -0.496 e. The maximum absolute atomic E-state index is 13.0. The molecule has 37 heavy (non-hydrogen) atoms. The summed E-state index contributed by atoms with van der Waals surface area (Å²) >= 11 is 1.57. The van der Waals surface area contributed by atoms with E-state index in [4.69, 9.17) is 14.5 Å². The first kappa shape index (κ1) is 24.8. The number of anilines is 2. The SMILES string of the molecule is COc1ccccc1-c1csc(-c2ccc(C(=O)Nc3ccc(OC)c(N4CCN(C)CC4)c3)cc2)n1. The maximum atomic E-state index is 13.0. The van der Waals surface area contributed by atoms with Crippen molar-refractivity contribution in [3.05, 3.63) is 77.7 Å². The Balaban J connectivity index is 1.30. The summed E-state index contributed by atoms with van der Waals surface area (Å²) in [4.78, 5) is 22.4. The third kappa shape index (κ3) is 5.45. The summed E-state index contributed by atoms with van der Waals surface area (Å²) in [6.45, 7) is 3.82. The Morgan fingerprint density at radius 3 is 2.38 bits per heavy atom. The fourth-order valence-corrected chi connectivity index (χ4v) is 5.24. The van der Waals surface area contributed by atoms with Crippen molar-refractivity contribution in [1.82, 2.24) is 9.88 Å². The molecule has 8 heteroatoms. The Kier molecular flexibility index (Phi) is 7.39. The Bertz CT molecular complexity index is 1380. The molecule has 0 bridgehead atoms. The number of carbonyl (C=O) groups is 1. The van der Waals surface area contributed by atoms with Gasteiger partial charge >= 0.3 is 0 Å². The smallest absolute Gasteiger partial charge is 0.255 e. The van der Waals surface area contributed by atoms with E-state index in [1.165, 1.54) is 0 Å². The first-order valence-electron chi connectivity index (χ1n) is 12.2. The average molecular weight is 515 g/mol. The molecule has 2 heterocycles. The van der Waals surface area contributed by atoms with Gasteiger partial charge in [-0.15, -0.1) is 11.3 Å². The number of carbonyl (C=O) groups excluding carboxylic acids is 1. The van der Waals surface area contributed by atoms with Crippen molar-refractivity contribution >= 4 is 28.6 Å². The molecule has 0 radical (unpaired) electrons. The molecule has 0 spiro atoms. The number of thiazole rings is 1. The molecule has 1 N–H and O–H groups in total. The van der Waals surface area contributed by atoms with Crippen LogP contribution < -0.4 is 19.7 Å². The van der Waals surface area contributed by atoms with Crippen LogP contribution in [0, 0.1) is 0 Å². The van der Waals surface area contributed by atoms with Gasteiger partial charge in [0.2, 0.25) is 0 Å². The molecule has 1 aromatic heterocycles. The molecule has 1 aliphatic heterocycles. The summed E-state index contributed by atoms with van der Waals surface area (Å²) in [6, 6.07) is 21.2. The van der Waals surface area contributed by atoms with Crippen LogP contribution in [0.5, 0.6) is 11.5 Å². The van der Waals surface area contributed by atoms with Gasteiger partial charge in [-0.3, -0.25) is 4.79 Å². The number of methoxy groups -OCH3 is 2. The lowest BCUT2D eigenvalue weighted by molar-refractivity contribution is 0.102. The van der Waals surface area contributed by atoms with Gasteiger partial charge < -0.3 is 24.6 Å². The molecule has 1 amide bonds. The monoisotopic (exact) mass is 514 g/mol. The molecule has 190 valence electrons. The number of piperazine rings is 1. The standard InChI is InChI=1S/C29H30N4O3S/c1-32-14-16-33(17-15-32)25-18-22(12-13-27(25)36-3)30-28(34)20-8-10-21(11-9-20)29-31-24(19-37-29)23-6-4-5-7-26(23)35-2/h4-13,18-19H,14-17H2,1-3H3,(H,30,34). The molecule has 0 unspecified atom stereocenters. The molecule has 0 aliphatic carbocycles. The molecule has 7 nitrogen and oxygen atoms in total. The van der Waals surface area contributed by atoms with Crippen LogP contribution in [0.3, 0.4) is 0 Å². The number of hydrogen-bond donors (Lipinski definition) is 1. The van der Waals surface area contributed by atoms with Gasteiger partial charge in [0.05, 0.1) is 25.6 Å². The van der Waals surface area contributed by atoms with E-state index in [9.17, 15) is 4.79 Å². The van der Waals surface area contributed by atoms with Crippen molar-refractivity contribution < 1.29 is 14.3 Å². The lowest BCUT2D eigenvalue weighted by Crippen LogP contribution is -2.44. The van der Waals surface area contributed by atoms with Crippen LogP contribution >= 0.6 is 11.3 Å². The summed E-state index contributed by atoms with van der Waals surface area (Å²) < 4.78 is 11.1. The zero-order valence-electron chi connectivity index (χ0n) is 21.2. The number of aromatic nitrogens is 1. The molecule has 0 atom stereocenters. The molecule has 1 saturated heterocycles. The van der Waals surface area contributed by atoms with Gasteiger partial charge in [-0.2, -0.15) is 0 Å². The molecule has 1 fully saturated rings. The highest BCUT2D eigenvalue weighted by molar-refractivity contribution is 7.13. The Labute approximate surface area is 221 Å². The van der Waals surface area contributed by atoms with E-state index in [1.54, 1.807) is 25.6 Å². The van der Waals surface area contributed by atoms with Crippen LogP contribution in [0.2, 0.25) is 0 Å². The number of nitrogens with zero attached hydrogens (tertiary/aromatic N) is 3. The summed E-state index contributed by atoms with van der Waals surface area (Å²) in [5, 5.41) is 5.95. The van der Waals surface area contributed by atoms with Gasteiger partial charge in [0.25, 0.3) is 5.91 Å². The minimum atomic E-state index is -0.158. The largest absolute Gasteiger partial charge is 0.496 e. The normalized spacial score (nSPS) is 13.9. The lowest BCUT2D eigenvalue weighted by Gasteiger charge is -2.34. The van der Waals surface area contributed by atoms with Crippen molar-refractivity contribution in [1.29, 1.82) is 0 Å². The number of amides is 1. The van der Waals surface area contributed by atoms with Crippen molar-refractivity contribution in [3.8, 4) is 33.3 Å². The highest BCUT2D eigenvalue weighted by Crippen LogP contribution is 2.34. The minimum absolute atomic E-state index is 0.158. The van der Waals surface area contributed by atoms with Gasteiger partial charge in [0.15, 0.2) is 0 Å². The van der Waals surface area contributed by atoms with Crippen molar-refractivity contribution in [3.63, 3.8) is 0 Å². The number of likely N-dealkylation sites (N-methyl/N-ethyl adjacent to an activating group) is 1. The van der Waals surface area contributed by atoms with Crippen molar-refractivity contribution in [2.45, 2.75) is 0 Å². The Hall–Kier alpha value is -3.88. The molecule has 3 aromatic carbocycles. The van der Waals surface area contributed by atoms with E-state index >= 15 is 0 Å². The second-order valence-corrected chi connectivity index (χ2v) is 9.80. The lowest BCUT2D eigenvalue weighted by atomic mass is 10.1. The van der Waals surface area contributed by atoms with E-state index < -0.39 is 0 Å². The Morgan fingerprint density at radius 1 is 0.919 bits per heavy atom. The zero-order valence-corrected chi connectivity index (χ0v) is 22.0. The third-order valence-corrected chi connectivity index (χ3v) is 7.45. The van der Waals surface area contributed by atoms with Crippen LogP contribution in [-0.4, -0.2) is 63.2 Å². The van der Waals surface area contributed by atoms with Crippen LogP contribution in [-0.2, 0) is 0 Å². The van der Waals surface area contributed by atoms with E-state index in [0.717, 1.165) is 70.9 Å². The Morgan fingerprint density at radius 2 is 1.65 bits per heavy atom. The molecule has 4 aromatic rings. The quantitative estimate of drug-likeness (QED) is 0.351. The fourth-order valence-electron chi connectivity index (χ4n) is 4.42. The molecule has 0 saturated carbocycles. The summed E-state index contributed by atoms with van der Waals surface area (Å²) in [5.41, 5.74) is 5.11. The van der Waals surface area contributed by atoms with Crippen LogP contribution in [0.4, 0.5) is 11.4 Å². The van der Waals surface area contributed by atoms with Crippen molar-refractivity contribution in [2.24, 2.45) is 0 Å². The summed E-state index contributed by atoms with van der Waals surface area (Å²) in [6.07, 6.45) is 0. The predicted octanol–water partition coefficient (Wildman–Crippen LogP) is 5.50. The van der Waals surface area contributed by atoms with E-state index in [2.05, 4.69) is 22.2 Å². The second-order valence-electron chi connectivity index (χ2n) is 8.95. The van der Waals surface area contributed by atoms with Crippen molar-refractivity contribution in [2.75, 3.05) is 57.7 Å². The van der Waals surface area contributed by atoms with E-state index in [-0.39, 0.29) is 5.91 Å². The predicted molar refractivity (Wildman–Crippen MR) is 150 cm³/mol. The van der Waals surface area contributed by atoms with Gasteiger partial charge in [-0.1, -0.05) is 24.3 Å². The second kappa shape index (κ2) is 11.0. The summed E-state index contributed by atoms with van der Waals surface area (Å²) in [7, 11) is 5.47. The van der Waals surface area contributed by atoms with Crippen LogP contribution in [0.1, 0.15) is 10.4 Å². The first-order valence-corrected chi connectivity index (χ1v) is 13.1. The molecular weight excluding hydrogens is 484 g/mol. The van der Waals surface area contributed by atoms with Gasteiger partial charge in [-0.25, -0.2) is 4.98 Å². The molecule has 1 aliphatic rings. The zero-order chi connectivity index (χ0) is 25.8. The number of rotatable bonds is 7. The topological polar surface area (TPSA) is 66.9 Å². The third-order valence-electron chi connectivity index (χ3n) is 6.56. The number of nitrogens with one attached hydrogen (secondary N) is 1. The number of ether oxygens (including phenoxy) is 2. The van der Waals surface area contributed by atoms with E-state index in [1.807, 2.05) is 72.1 Å². The van der Waals surface area contributed by atoms with Gasteiger partial charge in [0.1, 0.15) is 16.5 Å². The summed E-state index contributed by atoms with van der Waals surface area (Å²) in [5.74, 6) is 1.44. The average Bonchev–Trinajstić information content (AvgIpc) is 3.44. The molecular formula is C29H30N4O3S. The fraction of sp³-hybridized carbons (Fsp3) is 0.241. The molecule has 5 rings (SSSR count). The first-order chi connectivity index (χ1) is 18.1. The van der Waals surface area contributed by atoms with Crippen LogP contribution in [0.15, 0.2) is 72.1 Å². The maximum Gasteiger partial charge on any atom is 0.255 e. The number of para-hydroxylation sites is 1. The van der Waals surface area contributed by atoms with Crippen LogP contribution in [0.25, 0.3) is 21.8 Å². The highest BCUT2D eigenvalue weighted by atomic mass is 32.1.